The number of fused-ring (bicyclic) bond motifs is 3. The number of hydrogen-bond acceptors (Lipinski definition) is 2. The molecule has 0 amide bonds. The highest BCUT2D eigenvalue weighted by molar-refractivity contribution is 5.87. The lowest BCUT2D eigenvalue weighted by Crippen LogP contribution is -2.22. The van der Waals surface area contributed by atoms with Crippen molar-refractivity contribution in [2.75, 3.05) is 13.2 Å². The maximum absolute atomic E-state index is 8.95. The average Bonchev–Trinajstić information content (AvgIpc) is 2.68. The minimum absolute atomic E-state index is 0.196. The highest BCUT2D eigenvalue weighted by atomic mass is 16.3. The summed E-state index contributed by atoms with van der Waals surface area (Å²) in [7, 11) is 0. The minimum atomic E-state index is 0.196. The fourth-order valence-corrected chi connectivity index (χ4v) is 2.25. The zero-order chi connectivity index (χ0) is 11.0. The first kappa shape index (κ1) is 9.48. The van der Waals surface area contributed by atoms with Gasteiger partial charge in [0.25, 0.3) is 0 Å². The Morgan fingerprint density at radius 1 is 1.31 bits per heavy atom. The number of benzene rings is 1. The molecule has 0 fully saturated rings. The zero-order valence-corrected chi connectivity index (χ0v) is 8.98. The predicted molar refractivity (Wildman–Crippen MR) is 64.8 cm³/mol. The van der Waals surface area contributed by atoms with Gasteiger partial charge in [-0.2, -0.15) is 0 Å². The van der Waals surface area contributed by atoms with Crippen molar-refractivity contribution in [3.8, 4) is 0 Å². The summed E-state index contributed by atoms with van der Waals surface area (Å²) < 4.78 is 0. The summed E-state index contributed by atoms with van der Waals surface area (Å²) in [4.78, 5) is 5.53. The summed E-state index contributed by atoms with van der Waals surface area (Å²) in [6, 6.07) is 8.34. The molecule has 1 aliphatic rings. The van der Waals surface area contributed by atoms with E-state index in [9.17, 15) is 0 Å². The summed E-state index contributed by atoms with van der Waals surface area (Å²) in [6.07, 6.45) is 4.11. The molecule has 2 aromatic rings. The third kappa shape index (κ3) is 1.41. The third-order valence-corrected chi connectivity index (χ3v) is 3.05. The second kappa shape index (κ2) is 3.68. The van der Waals surface area contributed by atoms with Gasteiger partial charge < -0.3 is 15.0 Å². The topological polar surface area (TPSA) is 39.3 Å². The van der Waals surface area contributed by atoms with Gasteiger partial charge in [-0.15, -0.1) is 0 Å². The lowest BCUT2D eigenvalue weighted by molar-refractivity contribution is 0.233. The molecule has 3 rings (SSSR count). The van der Waals surface area contributed by atoms with E-state index < -0.39 is 0 Å². The van der Waals surface area contributed by atoms with Crippen molar-refractivity contribution < 1.29 is 5.11 Å². The van der Waals surface area contributed by atoms with Gasteiger partial charge in [0.05, 0.1) is 6.61 Å². The second-order valence-electron chi connectivity index (χ2n) is 4.07. The average molecular weight is 214 g/mol. The molecule has 0 saturated heterocycles. The van der Waals surface area contributed by atoms with E-state index in [1.807, 2.05) is 12.3 Å². The first-order valence-electron chi connectivity index (χ1n) is 5.51. The number of aromatic amines is 1. The molecule has 3 heteroatoms. The number of aliphatic hydroxyl groups excluding tert-OH is 1. The molecule has 0 atom stereocenters. The summed E-state index contributed by atoms with van der Waals surface area (Å²) in [6.45, 7) is 1.76. The summed E-state index contributed by atoms with van der Waals surface area (Å²) in [5.41, 5.74) is 3.70. The fourth-order valence-electron chi connectivity index (χ4n) is 2.25. The largest absolute Gasteiger partial charge is 0.395 e. The lowest BCUT2D eigenvalue weighted by atomic mass is 10.1. The van der Waals surface area contributed by atoms with E-state index in [0.717, 1.165) is 6.54 Å². The molecule has 82 valence electrons. The number of rotatable bonds is 2. The molecular weight excluding hydrogens is 200 g/mol. The SMILES string of the molecule is OCCN1C=Cc2[nH]c3ccccc3c2C1. The molecule has 0 spiro atoms. The number of aliphatic hydroxyl groups is 1. The Hall–Kier alpha value is -1.74. The van der Waals surface area contributed by atoms with Crippen molar-refractivity contribution in [1.82, 2.24) is 9.88 Å². The Bertz CT molecular complexity index is 542. The molecule has 0 radical (unpaired) electrons. The lowest BCUT2D eigenvalue weighted by Gasteiger charge is -2.22. The van der Waals surface area contributed by atoms with Gasteiger partial charge in [-0.1, -0.05) is 18.2 Å². The fraction of sp³-hybridized carbons (Fsp3) is 0.231. The van der Waals surface area contributed by atoms with Gasteiger partial charge in [-0.05, 0) is 12.1 Å². The molecule has 2 heterocycles. The maximum Gasteiger partial charge on any atom is 0.0606 e. The monoisotopic (exact) mass is 214 g/mol. The van der Waals surface area contributed by atoms with Gasteiger partial charge in [0.2, 0.25) is 0 Å². The van der Waals surface area contributed by atoms with Gasteiger partial charge in [0, 0.05) is 41.4 Å². The summed E-state index contributed by atoms with van der Waals surface area (Å²) in [5.74, 6) is 0. The van der Waals surface area contributed by atoms with Gasteiger partial charge >= 0.3 is 0 Å². The minimum Gasteiger partial charge on any atom is -0.395 e. The van der Waals surface area contributed by atoms with Crippen LogP contribution in [-0.4, -0.2) is 28.1 Å². The van der Waals surface area contributed by atoms with Gasteiger partial charge in [0.15, 0.2) is 0 Å². The van der Waals surface area contributed by atoms with Crippen LogP contribution in [0.2, 0.25) is 0 Å². The van der Waals surface area contributed by atoms with Crippen LogP contribution in [0.15, 0.2) is 30.5 Å². The molecule has 16 heavy (non-hydrogen) atoms. The quantitative estimate of drug-likeness (QED) is 0.802. The van der Waals surface area contributed by atoms with Crippen LogP contribution < -0.4 is 0 Å². The van der Waals surface area contributed by atoms with Crippen molar-refractivity contribution in [3.63, 3.8) is 0 Å². The Labute approximate surface area is 94.0 Å². The van der Waals surface area contributed by atoms with Crippen LogP contribution in [0.5, 0.6) is 0 Å². The molecule has 1 aromatic heterocycles. The Balaban J connectivity index is 2.07. The van der Waals surface area contributed by atoms with E-state index in [0.29, 0.717) is 6.54 Å². The number of nitrogens with zero attached hydrogens (tertiary/aromatic N) is 1. The van der Waals surface area contributed by atoms with Crippen molar-refractivity contribution in [2.45, 2.75) is 6.54 Å². The summed E-state index contributed by atoms with van der Waals surface area (Å²) >= 11 is 0. The standard InChI is InChI=1S/C13H14N2O/c16-8-7-15-6-5-13-11(9-15)10-3-1-2-4-12(10)14-13/h1-6,14,16H,7-9H2. The Kier molecular flexibility index (Phi) is 2.18. The zero-order valence-electron chi connectivity index (χ0n) is 8.98. The molecule has 1 aliphatic heterocycles. The van der Waals surface area contributed by atoms with Gasteiger partial charge in [-0.3, -0.25) is 0 Å². The highest BCUT2D eigenvalue weighted by Gasteiger charge is 2.15. The summed E-state index contributed by atoms with van der Waals surface area (Å²) in [5, 5.41) is 10.2. The first-order chi connectivity index (χ1) is 7.88. The van der Waals surface area contributed by atoms with E-state index in [1.165, 1.54) is 22.2 Å². The van der Waals surface area contributed by atoms with Crippen LogP contribution in [0.4, 0.5) is 0 Å². The normalized spacial score (nSPS) is 14.4. The second-order valence-corrected chi connectivity index (χ2v) is 4.07. The van der Waals surface area contributed by atoms with Crippen LogP contribution in [-0.2, 0) is 6.54 Å². The number of hydrogen-bond donors (Lipinski definition) is 2. The first-order valence-corrected chi connectivity index (χ1v) is 5.51. The molecular formula is C13H14N2O. The number of β-amino-alcohol motifs (C(OH)–C–C–N with tert-alkyl or cyclic N) is 1. The van der Waals surface area contributed by atoms with Crippen LogP contribution in [0.3, 0.4) is 0 Å². The van der Waals surface area contributed by atoms with Crippen LogP contribution >= 0.6 is 0 Å². The number of H-pyrrole nitrogens is 1. The van der Waals surface area contributed by atoms with E-state index in [-0.39, 0.29) is 6.61 Å². The van der Waals surface area contributed by atoms with E-state index >= 15 is 0 Å². The maximum atomic E-state index is 8.95. The number of para-hydroxylation sites is 1. The predicted octanol–water partition coefficient (Wildman–Crippen LogP) is 1.95. The van der Waals surface area contributed by atoms with E-state index in [2.05, 4.69) is 34.2 Å². The third-order valence-electron chi connectivity index (χ3n) is 3.05. The molecule has 3 nitrogen and oxygen atoms in total. The van der Waals surface area contributed by atoms with Crippen LogP contribution in [0, 0.1) is 0 Å². The van der Waals surface area contributed by atoms with Crippen molar-refractivity contribution >= 4 is 17.0 Å². The van der Waals surface area contributed by atoms with Crippen molar-refractivity contribution in [2.24, 2.45) is 0 Å². The molecule has 0 bridgehead atoms. The number of nitrogens with one attached hydrogen (secondary N) is 1. The van der Waals surface area contributed by atoms with Gasteiger partial charge in [0.1, 0.15) is 0 Å². The van der Waals surface area contributed by atoms with Gasteiger partial charge in [-0.25, -0.2) is 0 Å². The highest BCUT2D eigenvalue weighted by Crippen LogP contribution is 2.27. The molecule has 1 aromatic carbocycles. The Morgan fingerprint density at radius 3 is 3.06 bits per heavy atom. The molecule has 0 saturated carbocycles. The molecule has 2 N–H and O–H groups in total. The van der Waals surface area contributed by atoms with E-state index in [1.54, 1.807) is 0 Å². The Morgan fingerprint density at radius 2 is 2.19 bits per heavy atom. The molecule has 0 aliphatic carbocycles. The van der Waals surface area contributed by atoms with Crippen molar-refractivity contribution in [3.05, 3.63) is 41.7 Å². The van der Waals surface area contributed by atoms with Crippen LogP contribution in [0.25, 0.3) is 17.0 Å². The van der Waals surface area contributed by atoms with E-state index in [4.69, 9.17) is 5.11 Å². The number of aromatic nitrogens is 1. The van der Waals surface area contributed by atoms with Crippen molar-refractivity contribution in [1.29, 1.82) is 0 Å². The molecule has 0 unspecified atom stereocenters. The van der Waals surface area contributed by atoms with Crippen LogP contribution in [0.1, 0.15) is 11.3 Å². The smallest absolute Gasteiger partial charge is 0.0606 e.